The summed E-state index contributed by atoms with van der Waals surface area (Å²) in [5, 5.41) is 2.88. The van der Waals surface area contributed by atoms with Crippen molar-refractivity contribution in [3.8, 4) is 11.5 Å². The zero-order chi connectivity index (χ0) is 13.5. The number of ether oxygens (including phenoxy) is 2. The Morgan fingerprint density at radius 3 is 2.44 bits per heavy atom. The molecule has 0 bridgehead atoms. The van der Waals surface area contributed by atoms with E-state index in [1.165, 1.54) is 0 Å². The van der Waals surface area contributed by atoms with Crippen molar-refractivity contribution < 1.29 is 14.3 Å². The van der Waals surface area contributed by atoms with Crippen LogP contribution in [0.2, 0.25) is 0 Å². The molecule has 1 aromatic rings. The van der Waals surface area contributed by atoms with E-state index >= 15 is 0 Å². The normalized spacial score (nSPS) is 13.6. The highest BCUT2D eigenvalue weighted by Crippen LogP contribution is 2.26. The van der Waals surface area contributed by atoms with Gasteiger partial charge < -0.3 is 14.8 Å². The Bertz CT molecular complexity index is 392. The van der Waals surface area contributed by atoms with Crippen LogP contribution in [0.4, 0.5) is 0 Å². The fraction of sp³-hybridized carbons (Fsp3) is 0.500. The van der Waals surface area contributed by atoms with Crippen molar-refractivity contribution in [2.24, 2.45) is 0 Å². The lowest BCUT2D eigenvalue weighted by Gasteiger charge is -2.18. The van der Waals surface area contributed by atoms with Crippen molar-refractivity contribution in [2.45, 2.75) is 39.3 Å². The highest BCUT2D eigenvalue weighted by atomic mass is 16.5. The molecule has 1 amide bonds. The fourth-order valence-electron chi connectivity index (χ4n) is 1.42. The van der Waals surface area contributed by atoms with Gasteiger partial charge in [-0.05, 0) is 32.4 Å². The molecule has 1 N–H and O–H groups in total. The maximum absolute atomic E-state index is 11.8. The molecule has 0 saturated heterocycles. The Kier molecular flexibility index (Phi) is 5.49. The molecule has 4 heteroatoms. The summed E-state index contributed by atoms with van der Waals surface area (Å²) in [6.07, 6.45) is 0.350. The van der Waals surface area contributed by atoms with Crippen LogP contribution in [0.25, 0.3) is 0 Å². The second-order valence-electron chi connectivity index (χ2n) is 4.23. The van der Waals surface area contributed by atoms with Gasteiger partial charge in [-0.1, -0.05) is 19.1 Å². The lowest BCUT2D eigenvalue weighted by atomic mass is 10.2. The molecule has 0 aliphatic heterocycles. The summed E-state index contributed by atoms with van der Waals surface area (Å²) in [7, 11) is 1.58. The SMILES string of the molecule is CC[C@@H](C)NC(=O)[C@@H](C)Oc1ccccc1OC. The van der Waals surface area contributed by atoms with Gasteiger partial charge in [-0.3, -0.25) is 4.79 Å². The number of amides is 1. The van der Waals surface area contributed by atoms with E-state index < -0.39 is 6.10 Å². The molecule has 100 valence electrons. The van der Waals surface area contributed by atoms with Crippen LogP contribution >= 0.6 is 0 Å². The Morgan fingerprint density at radius 2 is 1.89 bits per heavy atom. The third-order valence-electron chi connectivity index (χ3n) is 2.74. The molecule has 18 heavy (non-hydrogen) atoms. The van der Waals surface area contributed by atoms with Gasteiger partial charge in [0.05, 0.1) is 7.11 Å². The van der Waals surface area contributed by atoms with Gasteiger partial charge in [0.15, 0.2) is 17.6 Å². The number of methoxy groups -OCH3 is 1. The maximum atomic E-state index is 11.8. The van der Waals surface area contributed by atoms with E-state index in [2.05, 4.69) is 5.32 Å². The maximum Gasteiger partial charge on any atom is 0.260 e. The Morgan fingerprint density at radius 1 is 1.28 bits per heavy atom. The van der Waals surface area contributed by atoms with Gasteiger partial charge in [-0.15, -0.1) is 0 Å². The summed E-state index contributed by atoms with van der Waals surface area (Å²) in [5.41, 5.74) is 0. The van der Waals surface area contributed by atoms with Crippen molar-refractivity contribution in [2.75, 3.05) is 7.11 Å². The third kappa shape index (κ3) is 3.95. The molecule has 1 rings (SSSR count). The molecule has 1 aromatic carbocycles. The Hall–Kier alpha value is -1.71. The van der Waals surface area contributed by atoms with Gasteiger partial charge in [-0.25, -0.2) is 0 Å². The first kappa shape index (κ1) is 14.4. The van der Waals surface area contributed by atoms with E-state index in [-0.39, 0.29) is 11.9 Å². The first-order chi connectivity index (χ1) is 8.58. The Labute approximate surface area is 108 Å². The first-order valence-corrected chi connectivity index (χ1v) is 6.18. The van der Waals surface area contributed by atoms with Crippen molar-refractivity contribution in [1.82, 2.24) is 5.32 Å². The van der Waals surface area contributed by atoms with Gasteiger partial charge in [0.25, 0.3) is 5.91 Å². The van der Waals surface area contributed by atoms with Crippen LogP contribution in [0.15, 0.2) is 24.3 Å². The summed E-state index contributed by atoms with van der Waals surface area (Å²) < 4.78 is 10.8. The van der Waals surface area contributed by atoms with Crippen molar-refractivity contribution >= 4 is 5.91 Å². The number of hydrogen-bond acceptors (Lipinski definition) is 3. The van der Waals surface area contributed by atoms with Crippen LogP contribution in [0.1, 0.15) is 27.2 Å². The van der Waals surface area contributed by atoms with Gasteiger partial charge in [0.2, 0.25) is 0 Å². The second kappa shape index (κ2) is 6.89. The van der Waals surface area contributed by atoms with Crippen molar-refractivity contribution in [1.29, 1.82) is 0 Å². The highest BCUT2D eigenvalue weighted by Gasteiger charge is 2.17. The van der Waals surface area contributed by atoms with Gasteiger partial charge >= 0.3 is 0 Å². The van der Waals surface area contributed by atoms with Crippen LogP contribution in [0.3, 0.4) is 0 Å². The van der Waals surface area contributed by atoms with E-state index in [4.69, 9.17) is 9.47 Å². The van der Waals surface area contributed by atoms with E-state index in [0.29, 0.717) is 11.5 Å². The average Bonchev–Trinajstić information content (AvgIpc) is 2.39. The number of carbonyl (C=O) groups is 1. The lowest BCUT2D eigenvalue weighted by Crippen LogP contribution is -2.41. The standard InChI is InChI=1S/C14H21NO3/c1-5-10(2)15-14(16)11(3)18-13-9-7-6-8-12(13)17-4/h6-11H,5H2,1-4H3,(H,15,16)/t10-,11-/m1/s1. The van der Waals surface area contributed by atoms with Crippen LogP contribution in [0.5, 0.6) is 11.5 Å². The van der Waals surface area contributed by atoms with Crippen LogP contribution in [-0.2, 0) is 4.79 Å². The quantitative estimate of drug-likeness (QED) is 0.844. The number of hydrogen-bond donors (Lipinski definition) is 1. The second-order valence-corrected chi connectivity index (χ2v) is 4.23. The number of nitrogens with one attached hydrogen (secondary N) is 1. The smallest absolute Gasteiger partial charge is 0.260 e. The predicted octanol–water partition coefficient (Wildman–Crippen LogP) is 2.38. The molecule has 4 nitrogen and oxygen atoms in total. The fourth-order valence-corrected chi connectivity index (χ4v) is 1.42. The zero-order valence-corrected chi connectivity index (χ0v) is 11.4. The van der Waals surface area contributed by atoms with E-state index in [9.17, 15) is 4.79 Å². The van der Waals surface area contributed by atoms with Gasteiger partial charge in [0.1, 0.15) is 0 Å². The van der Waals surface area contributed by atoms with Crippen molar-refractivity contribution in [3.05, 3.63) is 24.3 Å². The topological polar surface area (TPSA) is 47.6 Å². The van der Waals surface area contributed by atoms with E-state index in [1.807, 2.05) is 26.0 Å². The van der Waals surface area contributed by atoms with E-state index in [0.717, 1.165) is 6.42 Å². The molecular weight excluding hydrogens is 230 g/mol. The molecular formula is C14H21NO3. The lowest BCUT2D eigenvalue weighted by molar-refractivity contribution is -0.127. The summed E-state index contributed by atoms with van der Waals surface area (Å²) in [4.78, 5) is 11.8. The van der Waals surface area contributed by atoms with Crippen LogP contribution in [-0.4, -0.2) is 25.2 Å². The van der Waals surface area contributed by atoms with Crippen molar-refractivity contribution in [3.63, 3.8) is 0 Å². The van der Waals surface area contributed by atoms with E-state index in [1.54, 1.807) is 26.2 Å². The molecule has 0 unspecified atom stereocenters. The summed E-state index contributed by atoms with van der Waals surface area (Å²) in [6.45, 7) is 5.72. The molecule has 2 atom stereocenters. The molecule has 0 spiro atoms. The van der Waals surface area contributed by atoms with Gasteiger partial charge in [0, 0.05) is 6.04 Å². The highest BCUT2D eigenvalue weighted by molar-refractivity contribution is 5.81. The molecule has 0 fully saturated rings. The first-order valence-electron chi connectivity index (χ1n) is 6.18. The largest absolute Gasteiger partial charge is 0.493 e. The third-order valence-corrected chi connectivity index (χ3v) is 2.74. The van der Waals surface area contributed by atoms with Crippen LogP contribution < -0.4 is 14.8 Å². The molecule has 0 aliphatic rings. The molecule has 0 radical (unpaired) electrons. The predicted molar refractivity (Wildman–Crippen MR) is 71.0 cm³/mol. The van der Waals surface area contributed by atoms with Gasteiger partial charge in [-0.2, -0.15) is 0 Å². The number of benzene rings is 1. The Balaban J connectivity index is 2.63. The summed E-state index contributed by atoms with van der Waals surface area (Å²) in [5.74, 6) is 1.09. The molecule has 0 saturated carbocycles. The number of rotatable bonds is 6. The minimum absolute atomic E-state index is 0.116. The van der Waals surface area contributed by atoms with Crippen LogP contribution in [0, 0.1) is 0 Å². The minimum Gasteiger partial charge on any atom is -0.493 e. The molecule has 0 heterocycles. The summed E-state index contributed by atoms with van der Waals surface area (Å²) in [6, 6.07) is 7.44. The average molecular weight is 251 g/mol. The molecule has 0 aromatic heterocycles. The number of para-hydroxylation sites is 2. The monoisotopic (exact) mass is 251 g/mol. The molecule has 0 aliphatic carbocycles. The summed E-state index contributed by atoms with van der Waals surface area (Å²) >= 11 is 0. The zero-order valence-electron chi connectivity index (χ0n) is 11.4. The minimum atomic E-state index is -0.546. The number of carbonyl (C=O) groups excluding carboxylic acids is 1.